The van der Waals surface area contributed by atoms with Crippen molar-refractivity contribution in [3.8, 4) is 0 Å². The molecule has 6 nitrogen and oxygen atoms in total. The predicted octanol–water partition coefficient (Wildman–Crippen LogP) is 2.11. The fourth-order valence-electron chi connectivity index (χ4n) is 2.35. The van der Waals surface area contributed by atoms with Crippen LogP contribution >= 0.6 is 0 Å². The second-order valence-corrected chi connectivity index (χ2v) is 4.56. The maximum atomic E-state index is 12.7. The predicted molar refractivity (Wildman–Crippen MR) is 60.9 cm³/mol. The number of hydrogen-bond donors (Lipinski definition) is 0. The monoisotopic (exact) mass is 278 g/mol. The average Bonchev–Trinajstić information content (AvgIpc) is 2.70. The van der Waals surface area contributed by atoms with Crippen molar-refractivity contribution in [2.24, 2.45) is 13.0 Å². The van der Waals surface area contributed by atoms with Crippen LogP contribution in [-0.2, 0) is 7.05 Å². The molecule has 2 heterocycles. The van der Waals surface area contributed by atoms with E-state index < -0.39 is 17.0 Å². The van der Waals surface area contributed by atoms with Crippen LogP contribution in [0.25, 0.3) is 0 Å². The number of alkyl halides is 3. The molecule has 0 N–H and O–H groups in total. The Bertz CT molecular complexity index is 486. The van der Waals surface area contributed by atoms with Crippen LogP contribution in [0, 0.1) is 16.0 Å². The summed E-state index contributed by atoms with van der Waals surface area (Å²) in [6, 6.07) is 0. The summed E-state index contributed by atoms with van der Waals surface area (Å²) < 4.78 is 39.4. The summed E-state index contributed by atoms with van der Waals surface area (Å²) >= 11 is 0. The Kier molecular flexibility index (Phi) is 3.38. The summed E-state index contributed by atoms with van der Waals surface area (Å²) in [5.41, 5.74) is -0.259. The molecule has 0 aliphatic carbocycles. The van der Waals surface area contributed by atoms with Crippen LogP contribution in [0.1, 0.15) is 12.8 Å². The van der Waals surface area contributed by atoms with Gasteiger partial charge >= 0.3 is 11.9 Å². The first-order chi connectivity index (χ1) is 8.80. The van der Waals surface area contributed by atoms with Crippen LogP contribution in [0.15, 0.2) is 6.20 Å². The first kappa shape index (κ1) is 13.6. The number of nitro groups is 1. The Morgan fingerprint density at radius 3 is 2.79 bits per heavy atom. The Morgan fingerprint density at radius 2 is 2.21 bits per heavy atom. The molecule has 1 fully saturated rings. The van der Waals surface area contributed by atoms with Crippen LogP contribution in [0.5, 0.6) is 0 Å². The molecule has 1 atom stereocenters. The molecule has 1 saturated heterocycles. The van der Waals surface area contributed by atoms with Gasteiger partial charge < -0.3 is 4.90 Å². The minimum atomic E-state index is -4.27. The van der Waals surface area contributed by atoms with Gasteiger partial charge in [0.2, 0.25) is 5.82 Å². The number of halogens is 3. The zero-order chi connectivity index (χ0) is 14.2. The number of aryl methyl sites for hydroxylation is 1. The van der Waals surface area contributed by atoms with Gasteiger partial charge in [0.15, 0.2) is 0 Å². The van der Waals surface area contributed by atoms with Gasteiger partial charge in [-0.3, -0.25) is 10.1 Å². The second-order valence-electron chi connectivity index (χ2n) is 4.56. The number of rotatable bonds is 2. The summed E-state index contributed by atoms with van der Waals surface area (Å²) in [5.74, 6) is -1.31. The highest BCUT2D eigenvalue weighted by molar-refractivity contribution is 5.57. The van der Waals surface area contributed by atoms with Gasteiger partial charge in [-0.25, -0.2) is 4.68 Å². The van der Waals surface area contributed by atoms with Crippen molar-refractivity contribution in [3.05, 3.63) is 16.3 Å². The Hall–Kier alpha value is -1.80. The van der Waals surface area contributed by atoms with Gasteiger partial charge in [-0.05, 0) is 12.8 Å². The lowest BCUT2D eigenvalue weighted by Crippen LogP contribution is -2.42. The lowest BCUT2D eigenvalue weighted by atomic mass is 9.97. The quantitative estimate of drug-likeness (QED) is 0.614. The van der Waals surface area contributed by atoms with Crippen molar-refractivity contribution in [1.29, 1.82) is 0 Å². The van der Waals surface area contributed by atoms with Gasteiger partial charge in [0.25, 0.3) is 0 Å². The largest absolute Gasteiger partial charge is 0.393 e. The third-order valence-electron chi connectivity index (χ3n) is 3.27. The van der Waals surface area contributed by atoms with Crippen molar-refractivity contribution in [3.63, 3.8) is 0 Å². The topological polar surface area (TPSA) is 64.2 Å². The lowest BCUT2D eigenvalue weighted by molar-refractivity contribution is -0.384. The fourth-order valence-corrected chi connectivity index (χ4v) is 2.35. The molecule has 1 aromatic rings. The Balaban J connectivity index is 2.27. The average molecular weight is 278 g/mol. The van der Waals surface area contributed by atoms with Gasteiger partial charge in [-0.15, -0.1) is 0 Å². The molecule has 0 bridgehead atoms. The van der Waals surface area contributed by atoms with E-state index in [1.54, 1.807) is 0 Å². The van der Waals surface area contributed by atoms with E-state index in [9.17, 15) is 23.3 Å². The molecular weight excluding hydrogens is 265 g/mol. The number of nitrogens with zero attached hydrogens (tertiary/aromatic N) is 4. The zero-order valence-corrected chi connectivity index (χ0v) is 10.2. The van der Waals surface area contributed by atoms with E-state index in [4.69, 9.17) is 0 Å². The maximum absolute atomic E-state index is 12.7. The molecule has 1 aliphatic heterocycles. The normalized spacial score (nSPS) is 20.6. The van der Waals surface area contributed by atoms with Crippen molar-refractivity contribution in [1.82, 2.24) is 9.78 Å². The number of hydrogen-bond acceptors (Lipinski definition) is 4. The summed E-state index contributed by atoms with van der Waals surface area (Å²) in [4.78, 5) is 11.6. The third kappa shape index (κ3) is 2.64. The minimum Gasteiger partial charge on any atom is -0.350 e. The fraction of sp³-hybridized carbons (Fsp3) is 0.700. The molecule has 9 heteroatoms. The Labute approximate surface area is 106 Å². The Morgan fingerprint density at radius 1 is 1.53 bits per heavy atom. The van der Waals surface area contributed by atoms with Crippen molar-refractivity contribution >= 4 is 11.5 Å². The van der Waals surface area contributed by atoms with Crippen LogP contribution in [0.3, 0.4) is 0 Å². The molecule has 0 unspecified atom stereocenters. The first-order valence-corrected chi connectivity index (χ1v) is 5.78. The first-order valence-electron chi connectivity index (χ1n) is 5.78. The minimum absolute atomic E-state index is 0.0612. The summed E-state index contributed by atoms with van der Waals surface area (Å²) in [6.07, 6.45) is -2.79. The smallest absolute Gasteiger partial charge is 0.350 e. The van der Waals surface area contributed by atoms with Gasteiger partial charge in [0.1, 0.15) is 6.20 Å². The maximum Gasteiger partial charge on any atom is 0.393 e. The molecule has 0 spiro atoms. The van der Waals surface area contributed by atoms with E-state index in [0.29, 0.717) is 13.0 Å². The van der Waals surface area contributed by atoms with Crippen LogP contribution in [-0.4, -0.2) is 34.0 Å². The molecule has 0 radical (unpaired) electrons. The zero-order valence-electron chi connectivity index (χ0n) is 10.2. The molecule has 0 saturated carbocycles. The second kappa shape index (κ2) is 4.71. The van der Waals surface area contributed by atoms with E-state index in [2.05, 4.69) is 5.10 Å². The van der Waals surface area contributed by atoms with E-state index in [1.165, 1.54) is 16.6 Å². The molecule has 106 valence electrons. The number of anilines is 1. The number of piperidine rings is 1. The summed E-state index contributed by atoms with van der Waals surface area (Å²) in [6.45, 7) is 0.108. The third-order valence-corrected chi connectivity index (χ3v) is 3.27. The molecule has 1 aromatic heterocycles. The van der Waals surface area contributed by atoms with Crippen LogP contribution in [0.4, 0.5) is 24.7 Å². The standard InChI is InChI=1S/C10H13F3N4O2/c1-15-9(8(5-14-15)17(18)19)16-4-2-3-7(6-16)10(11,12)13/h5,7H,2-4,6H2,1H3/t7-/m1/s1. The van der Waals surface area contributed by atoms with Gasteiger partial charge in [-0.2, -0.15) is 18.3 Å². The SMILES string of the molecule is Cn1ncc([N+](=O)[O-])c1N1CCC[C@@H](C(F)(F)F)C1. The van der Waals surface area contributed by atoms with Gasteiger partial charge in [0, 0.05) is 20.1 Å². The molecule has 1 aliphatic rings. The molecule has 0 aromatic carbocycles. The van der Waals surface area contributed by atoms with Gasteiger partial charge in [0.05, 0.1) is 10.8 Å². The van der Waals surface area contributed by atoms with E-state index in [-0.39, 0.29) is 24.5 Å². The molecule has 0 amide bonds. The highest BCUT2D eigenvalue weighted by atomic mass is 19.4. The lowest BCUT2D eigenvalue weighted by Gasteiger charge is -2.34. The van der Waals surface area contributed by atoms with Crippen LogP contribution in [0.2, 0.25) is 0 Å². The molecule has 19 heavy (non-hydrogen) atoms. The van der Waals surface area contributed by atoms with Crippen molar-refractivity contribution in [2.75, 3.05) is 18.0 Å². The highest BCUT2D eigenvalue weighted by Crippen LogP contribution is 2.37. The highest BCUT2D eigenvalue weighted by Gasteiger charge is 2.43. The van der Waals surface area contributed by atoms with Gasteiger partial charge in [-0.1, -0.05) is 0 Å². The van der Waals surface area contributed by atoms with E-state index in [0.717, 1.165) is 6.20 Å². The van der Waals surface area contributed by atoms with Crippen molar-refractivity contribution < 1.29 is 18.1 Å². The summed E-state index contributed by atoms with van der Waals surface area (Å²) in [5, 5.41) is 14.6. The van der Waals surface area contributed by atoms with E-state index in [1.807, 2.05) is 0 Å². The van der Waals surface area contributed by atoms with E-state index >= 15 is 0 Å². The summed E-state index contributed by atoms with van der Waals surface area (Å²) in [7, 11) is 1.49. The number of aromatic nitrogens is 2. The van der Waals surface area contributed by atoms with Crippen molar-refractivity contribution in [2.45, 2.75) is 19.0 Å². The van der Waals surface area contributed by atoms with Crippen LogP contribution < -0.4 is 4.90 Å². The molecule has 2 rings (SSSR count). The molecular formula is C10H13F3N4O2.